The molecule has 0 saturated carbocycles. The molecular formula is C25H33NO7. The number of carbonyl (C=O) groups is 2. The number of carbonyl (C=O) groups excluding carboxylic acids is 2. The van der Waals surface area contributed by atoms with Crippen molar-refractivity contribution < 1.29 is 33.6 Å². The van der Waals surface area contributed by atoms with Crippen LogP contribution in [0.4, 0.5) is 4.79 Å². The Balaban J connectivity index is 2.28. The summed E-state index contributed by atoms with van der Waals surface area (Å²) in [6, 6.07) is 10.1. The molecule has 0 unspecified atom stereocenters. The average Bonchev–Trinajstić information content (AvgIpc) is 2.77. The van der Waals surface area contributed by atoms with E-state index in [1.165, 1.54) is 0 Å². The van der Waals surface area contributed by atoms with Crippen molar-refractivity contribution in [2.24, 2.45) is 0 Å². The maximum absolute atomic E-state index is 12.4. The first-order valence-corrected chi connectivity index (χ1v) is 10.7. The van der Waals surface area contributed by atoms with Gasteiger partial charge in [0.05, 0.1) is 33.0 Å². The maximum Gasteiger partial charge on any atom is 0.408 e. The second kappa shape index (κ2) is 11.6. The van der Waals surface area contributed by atoms with Crippen LogP contribution in [0.25, 0.3) is 11.1 Å². The van der Waals surface area contributed by atoms with Crippen molar-refractivity contribution in [3.05, 3.63) is 47.5 Å². The van der Waals surface area contributed by atoms with Crippen LogP contribution in [0.15, 0.2) is 36.4 Å². The summed E-state index contributed by atoms with van der Waals surface area (Å²) in [5.74, 6) is 0.611. The van der Waals surface area contributed by atoms with E-state index in [-0.39, 0.29) is 19.6 Å². The minimum absolute atomic E-state index is 0.133. The summed E-state index contributed by atoms with van der Waals surface area (Å²) in [4.78, 5) is 24.6. The van der Waals surface area contributed by atoms with Crippen LogP contribution in [0, 0.1) is 0 Å². The van der Waals surface area contributed by atoms with Gasteiger partial charge in [-0.05, 0) is 56.5 Å². The van der Waals surface area contributed by atoms with Crippen molar-refractivity contribution in [3.8, 4) is 22.6 Å². The van der Waals surface area contributed by atoms with E-state index < -0.39 is 23.7 Å². The van der Waals surface area contributed by atoms with Crippen LogP contribution < -0.4 is 14.8 Å². The zero-order valence-electron chi connectivity index (χ0n) is 20.1. The molecule has 2 aromatic rings. The summed E-state index contributed by atoms with van der Waals surface area (Å²) in [6.07, 6.45) is -0.452. The number of nitrogens with one attached hydrogen (secondary N) is 1. The van der Waals surface area contributed by atoms with Crippen LogP contribution in [0.1, 0.15) is 38.8 Å². The number of rotatable bonds is 9. The lowest BCUT2D eigenvalue weighted by Gasteiger charge is -2.23. The lowest BCUT2D eigenvalue weighted by atomic mass is 9.98. The van der Waals surface area contributed by atoms with Crippen LogP contribution in [0.2, 0.25) is 0 Å². The van der Waals surface area contributed by atoms with Crippen LogP contribution in [-0.4, -0.2) is 49.6 Å². The van der Waals surface area contributed by atoms with E-state index in [2.05, 4.69) is 5.32 Å². The van der Waals surface area contributed by atoms with Gasteiger partial charge in [0.2, 0.25) is 0 Å². The number of hydrogen-bond acceptors (Lipinski definition) is 7. The SMILES string of the molecule is CCOC(=O)[C@H](Cc1ccc(-c2c(OC)cc(CO)cc2OC)cc1)NC(=O)OC(C)(C)C. The van der Waals surface area contributed by atoms with Gasteiger partial charge in [0.25, 0.3) is 0 Å². The highest BCUT2D eigenvalue weighted by Crippen LogP contribution is 2.39. The molecule has 33 heavy (non-hydrogen) atoms. The van der Waals surface area contributed by atoms with E-state index in [0.29, 0.717) is 17.1 Å². The molecule has 0 aromatic heterocycles. The van der Waals surface area contributed by atoms with E-state index in [9.17, 15) is 14.7 Å². The number of ether oxygens (including phenoxy) is 4. The van der Waals surface area contributed by atoms with E-state index >= 15 is 0 Å². The Hall–Kier alpha value is -3.26. The Kier molecular flexibility index (Phi) is 9.11. The van der Waals surface area contributed by atoms with Gasteiger partial charge in [0.15, 0.2) is 0 Å². The van der Waals surface area contributed by atoms with Crippen LogP contribution in [0.3, 0.4) is 0 Å². The Labute approximate surface area is 194 Å². The molecule has 0 aliphatic carbocycles. The quantitative estimate of drug-likeness (QED) is 0.549. The van der Waals surface area contributed by atoms with E-state index in [4.69, 9.17) is 18.9 Å². The normalized spacial score (nSPS) is 12.0. The smallest absolute Gasteiger partial charge is 0.408 e. The minimum atomic E-state index is -0.890. The first kappa shape index (κ1) is 26.0. The van der Waals surface area contributed by atoms with Gasteiger partial charge in [-0.2, -0.15) is 0 Å². The molecule has 0 spiro atoms. The molecule has 8 nitrogen and oxygen atoms in total. The predicted octanol–water partition coefficient (Wildman–Crippen LogP) is 3.86. The summed E-state index contributed by atoms with van der Waals surface area (Å²) >= 11 is 0. The van der Waals surface area contributed by atoms with Crippen molar-refractivity contribution in [1.29, 1.82) is 0 Å². The molecule has 0 saturated heterocycles. The molecule has 1 amide bonds. The van der Waals surface area contributed by atoms with Gasteiger partial charge in [-0.25, -0.2) is 9.59 Å². The number of esters is 1. The second-order valence-corrected chi connectivity index (χ2v) is 8.39. The molecule has 0 aliphatic heterocycles. The molecule has 0 bridgehead atoms. The highest BCUT2D eigenvalue weighted by atomic mass is 16.6. The summed E-state index contributed by atoms with van der Waals surface area (Å²) < 4.78 is 21.4. The van der Waals surface area contributed by atoms with Crippen molar-refractivity contribution >= 4 is 12.1 Å². The zero-order chi connectivity index (χ0) is 24.6. The van der Waals surface area contributed by atoms with Crippen LogP contribution in [-0.2, 0) is 27.3 Å². The maximum atomic E-state index is 12.4. The molecule has 0 fully saturated rings. The standard InChI is InChI=1S/C25H33NO7/c1-7-32-23(28)19(26-24(29)33-25(2,3)4)12-16-8-10-18(11-9-16)22-20(30-5)13-17(15-27)14-21(22)31-6/h8-11,13-14,19,27H,7,12,15H2,1-6H3,(H,26,29)/t19-/m0/s1. The summed E-state index contributed by atoms with van der Waals surface area (Å²) in [5, 5.41) is 12.1. The van der Waals surface area contributed by atoms with Crippen LogP contribution >= 0.6 is 0 Å². The molecule has 1 atom stereocenters. The van der Waals surface area contributed by atoms with Gasteiger partial charge in [0, 0.05) is 6.42 Å². The Morgan fingerprint density at radius 3 is 2.03 bits per heavy atom. The van der Waals surface area contributed by atoms with Crippen molar-refractivity contribution in [3.63, 3.8) is 0 Å². The molecule has 2 N–H and O–H groups in total. The molecule has 0 radical (unpaired) electrons. The lowest BCUT2D eigenvalue weighted by molar-refractivity contribution is -0.145. The number of amides is 1. The average molecular weight is 460 g/mol. The molecule has 2 rings (SSSR count). The number of alkyl carbamates (subject to hydrolysis) is 1. The summed E-state index contributed by atoms with van der Waals surface area (Å²) in [5.41, 5.74) is 2.39. The summed E-state index contributed by atoms with van der Waals surface area (Å²) in [7, 11) is 3.11. The third-order valence-corrected chi connectivity index (χ3v) is 4.69. The predicted molar refractivity (Wildman–Crippen MR) is 124 cm³/mol. The second-order valence-electron chi connectivity index (χ2n) is 8.39. The van der Waals surface area contributed by atoms with E-state index in [0.717, 1.165) is 16.7 Å². The summed E-state index contributed by atoms with van der Waals surface area (Å²) in [6.45, 7) is 7.03. The third kappa shape index (κ3) is 7.39. The fourth-order valence-electron chi connectivity index (χ4n) is 3.27. The largest absolute Gasteiger partial charge is 0.496 e. The number of benzene rings is 2. The fourth-order valence-corrected chi connectivity index (χ4v) is 3.27. The van der Waals surface area contributed by atoms with Gasteiger partial charge >= 0.3 is 12.1 Å². The lowest BCUT2D eigenvalue weighted by Crippen LogP contribution is -2.45. The highest BCUT2D eigenvalue weighted by Gasteiger charge is 2.26. The van der Waals surface area contributed by atoms with Gasteiger partial charge in [-0.15, -0.1) is 0 Å². The van der Waals surface area contributed by atoms with Crippen molar-refractivity contribution in [2.45, 2.75) is 52.4 Å². The Morgan fingerprint density at radius 1 is 1.00 bits per heavy atom. The molecule has 8 heteroatoms. The number of aliphatic hydroxyl groups excluding tert-OH is 1. The first-order valence-electron chi connectivity index (χ1n) is 10.7. The molecule has 0 heterocycles. The van der Waals surface area contributed by atoms with Gasteiger partial charge in [-0.1, -0.05) is 24.3 Å². The Bertz CT molecular complexity index is 923. The van der Waals surface area contributed by atoms with Crippen molar-refractivity contribution in [1.82, 2.24) is 5.32 Å². The van der Waals surface area contributed by atoms with Crippen LogP contribution in [0.5, 0.6) is 11.5 Å². The molecule has 2 aromatic carbocycles. The monoisotopic (exact) mass is 459 g/mol. The van der Waals surface area contributed by atoms with Gasteiger partial charge in [-0.3, -0.25) is 0 Å². The number of methoxy groups -OCH3 is 2. The van der Waals surface area contributed by atoms with E-state index in [1.54, 1.807) is 54.0 Å². The van der Waals surface area contributed by atoms with Gasteiger partial charge < -0.3 is 29.4 Å². The third-order valence-electron chi connectivity index (χ3n) is 4.69. The first-order chi connectivity index (χ1) is 15.6. The number of hydrogen-bond donors (Lipinski definition) is 2. The minimum Gasteiger partial charge on any atom is -0.496 e. The Morgan fingerprint density at radius 2 is 1.58 bits per heavy atom. The number of aliphatic hydroxyl groups is 1. The topological polar surface area (TPSA) is 103 Å². The molecule has 0 aliphatic rings. The highest BCUT2D eigenvalue weighted by molar-refractivity contribution is 5.82. The zero-order valence-corrected chi connectivity index (χ0v) is 20.1. The van der Waals surface area contributed by atoms with Gasteiger partial charge in [0.1, 0.15) is 23.1 Å². The fraction of sp³-hybridized carbons (Fsp3) is 0.440. The molecular weight excluding hydrogens is 426 g/mol. The molecule has 180 valence electrons. The van der Waals surface area contributed by atoms with Crippen molar-refractivity contribution in [2.75, 3.05) is 20.8 Å². The van der Waals surface area contributed by atoms with E-state index in [1.807, 2.05) is 24.3 Å².